The highest BCUT2D eigenvalue weighted by Gasteiger charge is 2.22. The van der Waals surface area contributed by atoms with E-state index < -0.39 is 0 Å². The van der Waals surface area contributed by atoms with E-state index in [0.717, 1.165) is 23.8 Å². The van der Waals surface area contributed by atoms with Gasteiger partial charge < -0.3 is 15.4 Å². The molecule has 2 N–H and O–H groups in total. The number of benzene rings is 1. The third kappa shape index (κ3) is 6.54. The number of aryl methyl sites for hydroxylation is 1. The highest BCUT2D eigenvalue weighted by Crippen LogP contribution is 2.19. The van der Waals surface area contributed by atoms with Crippen LogP contribution in [0, 0.1) is 6.92 Å². The summed E-state index contributed by atoms with van der Waals surface area (Å²) < 4.78 is 5.93. The molecule has 0 aliphatic heterocycles. The lowest BCUT2D eigenvalue weighted by Gasteiger charge is -2.16. The van der Waals surface area contributed by atoms with E-state index in [1.807, 2.05) is 18.2 Å². The first-order valence-electron chi connectivity index (χ1n) is 7.46. The fourth-order valence-electron chi connectivity index (χ4n) is 1.90. The monoisotopic (exact) mass is 403 g/mol. The van der Waals surface area contributed by atoms with Gasteiger partial charge in [0.15, 0.2) is 5.96 Å². The van der Waals surface area contributed by atoms with Gasteiger partial charge in [-0.15, -0.1) is 24.0 Å². The lowest BCUT2D eigenvalue weighted by atomic mass is 10.2. The van der Waals surface area contributed by atoms with Crippen molar-refractivity contribution in [3.05, 3.63) is 29.8 Å². The van der Waals surface area contributed by atoms with Crippen molar-refractivity contribution >= 4 is 29.9 Å². The van der Waals surface area contributed by atoms with Crippen molar-refractivity contribution in [2.75, 3.05) is 13.1 Å². The number of hydrogen-bond acceptors (Lipinski definition) is 2. The summed E-state index contributed by atoms with van der Waals surface area (Å²) >= 11 is 0. The third-order valence-electron chi connectivity index (χ3n) is 3.19. The predicted molar refractivity (Wildman–Crippen MR) is 98.8 cm³/mol. The van der Waals surface area contributed by atoms with E-state index in [2.05, 4.69) is 42.5 Å². The molecule has 21 heavy (non-hydrogen) atoms. The number of halogens is 1. The van der Waals surface area contributed by atoms with Gasteiger partial charge in [-0.05, 0) is 45.2 Å². The third-order valence-corrected chi connectivity index (χ3v) is 3.19. The standard InChI is InChI=1S/C16H25N3O.HI/c1-4-17-16(19-14-9-10-14)18-11-13(3)20-15-8-6-5-7-12(15)2;/h5-8,13-14H,4,9-11H2,1-3H3,(H2,17,18,19);1H. The van der Waals surface area contributed by atoms with Gasteiger partial charge in [-0.25, -0.2) is 4.99 Å². The van der Waals surface area contributed by atoms with Crippen LogP contribution in [0.2, 0.25) is 0 Å². The molecule has 1 fully saturated rings. The van der Waals surface area contributed by atoms with E-state index >= 15 is 0 Å². The van der Waals surface area contributed by atoms with Gasteiger partial charge in [0.25, 0.3) is 0 Å². The van der Waals surface area contributed by atoms with E-state index in [1.54, 1.807) is 0 Å². The highest BCUT2D eigenvalue weighted by atomic mass is 127. The van der Waals surface area contributed by atoms with Gasteiger partial charge in [-0.2, -0.15) is 0 Å². The van der Waals surface area contributed by atoms with Gasteiger partial charge in [-0.1, -0.05) is 18.2 Å². The molecule has 0 amide bonds. The van der Waals surface area contributed by atoms with Crippen LogP contribution >= 0.6 is 24.0 Å². The zero-order valence-electron chi connectivity index (χ0n) is 13.1. The second-order valence-corrected chi connectivity index (χ2v) is 5.33. The van der Waals surface area contributed by atoms with Crippen LogP contribution in [0.5, 0.6) is 5.75 Å². The Bertz CT molecular complexity index is 461. The maximum Gasteiger partial charge on any atom is 0.191 e. The van der Waals surface area contributed by atoms with E-state index in [4.69, 9.17) is 4.74 Å². The van der Waals surface area contributed by atoms with E-state index in [1.165, 1.54) is 12.8 Å². The van der Waals surface area contributed by atoms with Crippen molar-refractivity contribution in [2.24, 2.45) is 4.99 Å². The SMILES string of the molecule is CCNC(=NCC(C)Oc1ccccc1C)NC1CC1.I. The number of hydrogen-bond donors (Lipinski definition) is 2. The minimum absolute atomic E-state index is 0. The maximum atomic E-state index is 5.93. The number of nitrogens with one attached hydrogen (secondary N) is 2. The first-order chi connectivity index (χ1) is 9.69. The lowest BCUT2D eigenvalue weighted by Crippen LogP contribution is -2.39. The summed E-state index contributed by atoms with van der Waals surface area (Å²) in [5, 5.41) is 6.67. The molecule has 0 radical (unpaired) electrons. The van der Waals surface area contributed by atoms with Crippen molar-refractivity contribution in [2.45, 2.75) is 45.8 Å². The Labute approximate surface area is 144 Å². The molecule has 1 unspecified atom stereocenters. The zero-order valence-corrected chi connectivity index (χ0v) is 15.4. The zero-order chi connectivity index (χ0) is 14.4. The van der Waals surface area contributed by atoms with Crippen molar-refractivity contribution in [3.63, 3.8) is 0 Å². The largest absolute Gasteiger partial charge is 0.489 e. The van der Waals surface area contributed by atoms with E-state index in [0.29, 0.717) is 12.6 Å². The topological polar surface area (TPSA) is 45.7 Å². The van der Waals surface area contributed by atoms with Gasteiger partial charge in [0.1, 0.15) is 11.9 Å². The van der Waals surface area contributed by atoms with Crippen LogP contribution in [0.1, 0.15) is 32.3 Å². The summed E-state index contributed by atoms with van der Waals surface area (Å²) in [5.74, 6) is 1.84. The van der Waals surface area contributed by atoms with E-state index in [9.17, 15) is 0 Å². The number of ether oxygens (including phenoxy) is 1. The molecular formula is C16H26IN3O. The Morgan fingerprint density at radius 1 is 1.38 bits per heavy atom. The molecule has 1 aromatic rings. The van der Waals surface area contributed by atoms with Crippen molar-refractivity contribution in [3.8, 4) is 5.75 Å². The minimum Gasteiger partial charge on any atom is -0.489 e. The summed E-state index contributed by atoms with van der Waals surface area (Å²) in [4.78, 5) is 4.59. The molecule has 5 heteroatoms. The molecule has 1 atom stereocenters. The summed E-state index contributed by atoms with van der Waals surface area (Å²) in [6.07, 6.45) is 2.56. The number of guanidine groups is 1. The van der Waals surface area contributed by atoms with Crippen LogP contribution in [-0.4, -0.2) is 31.2 Å². The van der Waals surface area contributed by atoms with Crippen molar-refractivity contribution < 1.29 is 4.74 Å². The average Bonchev–Trinajstić information content (AvgIpc) is 3.23. The predicted octanol–water partition coefficient (Wildman–Crippen LogP) is 3.10. The minimum atomic E-state index is 0. The molecule has 4 nitrogen and oxygen atoms in total. The molecule has 1 aliphatic carbocycles. The molecule has 118 valence electrons. The Morgan fingerprint density at radius 2 is 2.10 bits per heavy atom. The number of nitrogens with zero attached hydrogens (tertiary/aromatic N) is 1. The quantitative estimate of drug-likeness (QED) is 0.436. The summed E-state index contributed by atoms with van der Waals surface area (Å²) in [6, 6.07) is 8.69. The molecular weight excluding hydrogens is 377 g/mol. The van der Waals surface area contributed by atoms with Crippen molar-refractivity contribution in [1.29, 1.82) is 0 Å². The lowest BCUT2D eigenvalue weighted by molar-refractivity contribution is 0.228. The first kappa shape index (κ1) is 18.1. The Morgan fingerprint density at radius 3 is 2.71 bits per heavy atom. The number of rotatable bonds is 6. The van der Waals surface area contributed by atoms with Gasteiger partial charge >= 0.3 is 0 Å². The van der Waals surface area contributed by atoms with Crippen LogP contribution < -0.4 is 15.4 Å². The molecule has 0 spiro atoms. The van der Waals surface area contributed by atoms with Gasteiger partial charge in [0.2, 0.25) is 0 Å². The molecule has 0 aromatic heterocycles. The molecule has 1 aromatic carbocycles. The Kier molecular flexibility index (Phi) is 7.85. The second kappa shape index (κ2) is 9.12. The van der Waals surface area contributed by atoms with Crippen LogP contribution in [0.3, 0.4) is 0 Å². The Hall–Kier alpha value is -0.980. The van der Waals surface area contributed by atoms with Crippen LogP contribution in [0.4, 0.5) is 0 Å². The molecule has 0 heterocycles. The van der Waals surface area contributed by atoms with Crippen LogP contribution in [0.25, 0.3) is 0 Å². The van der Waals surface area contributed by atoms with Gasteiger partial charge in [0, 0.05) is 12.6 Å². The number of aliphatic imine (C=N–C) groups is 1. The molecule has 1 aliphatic rings. The average molecular weight is 403 g/mol. The molecule has 1 saturated carbocycles. The second-order valence-electron chi connectivity index (χ2n) is 5.33. The fourth-order valence-corrected chi connectivity index (χ4v) is 1.90. The summed E-state index contributed by atoms with van der Waals surface area (Å²) in [6.45, 7) is 7.72. The molecule has 0 saturated heterocycles. The van der Waals surface area contributed by atoms with Crippen LogP contribution in [-0.2, 0) is 0 Å². The Balaban J connectivity index is 0.00000220. The van der Waals surface area contributed by atoms with Gasteiger partial charge in [-0.3, -0.25) is 0 Å². The highest BCUT2D eigenvalue weighted by molar-refractivity contribution is 14.0. The molecule has 0 bridgehead atoms. The smallest absolute Gasteiger partial charge is 0.191 e. The van der Waals surface area contributed by atoms with E-state index in [-0.39, 0.29) is 30.1 Å². The maximum absolute atomic E-state index is 5.93. The van der Waals surface area contributed by atoms with Crippen LogP contribution in [0.15, 0.2) is 29.3 Å². The summed E-state index contributed by atoms with van der Waals surface area (Å²) in [5.41, 5.74) is 1.16. The normalized spacial score (nSPS) is 15.9. The fraction of sp³-hybridized carbons (Fsp3) is 0.562. The first-order valence-corrected chi connectivity index (χ1v) is 7.46. The van der Waals surface area contributed by atoms with Crippen molar-refractivity contribution in [1.82, 2.24) is 10.6 Å². The molecule has 2 rings (SSSR count). The number of para-hydroxylation sites is 1. The van der Waals surface area contributed by atoms with Gasteiger partial charge in [0.05, 0.1) is 6.54 Å². The summed E-state index contributed by atoms with van der Waals surface area (Å²) in [7, 11) is 0.